The first-order chi connectivity index (χ1) is 5.26. The molecule has 1 rings (SSSR count). The van der Waals surface area contributed by atoms with Crippen molar-refractivity contribution < 1.29 is 4.74 Å². The van der Waals surface area contributed by atoms with Crippen molar-refractivity contribution in [1.29, 1.82) is 0 Å². The molecule has 66 valence electrons. The molecule has 1 aliphatic heterocycles. The Morgan fingerprint density at radius 2 is 2.27 bits per heavy atom. The van der Waals surface area contributed by atoms with Gasteiger partial charge in [0.2, 0.25) is 0 Å². The molecule has 1 atom stereocenters. The lowest BCUT2D eigenvalue weighted by Gasteiger charge is -2.39. The van der Waals surface area contributed by atoms with E-state index in [4.69, 9.17) is 4.74 Å². The van der Waals surface area contributed by atoms with Crippen LogP contribution in [0.4, 0.5) is 0 Å². The summed E-state index contributed by atoms with van der Waals surface area (Å²) in [5, 5.41) is 0. The molecule has 0 aromatic carbocycles. The van der Waals surface area contributed by atoms with Crippen LogP contribution < -0.4 is 0 Å². The van der Waals surface area contributed by atoms with Crippen LogP contribution >= 0.6 is 12.6 Å². The third kappa shape index (κ3) is 2.65. The zero-order chi connectivity index (χ0) is 8.27. The fourth-order valence-electron chi connectivity index (χ4n) is 1.32. The van der Waals surface area contributed by atoms with Crippen molar-refractivity contribution in [2.24, 2.45) is 5.92 Å². The lowest BCUT2D eigenvalue weighted by molar-refractivity contribution is -0.0335. The number of likely N-dealkylation sites (tertiary alicyclic amines) is 1. The largest absolute Gasteiger partial charge is 0.379 e. The van der Waals surface area contributed by atoms with Crippen LogP contribution in [0.2, 0.25) is 0 Å². The molecule has 2 nitrogen and oxygen atoms in total. The van der Waals surface area contributed by atoms with Crippen LogP contribution in [0, 0.1) is 5.92 Å². The van der Waals surface area contributed by atoms with E-state index >= 15 is 0 Å². The molecule has 3 heteroatoms. The van der Waals surface area contributed by atoms with Gasteiger partial charge in [-0.05, 0) is 11.7 Å². The second kappa shape index (κ2) is 4.33. The normalized spacial score (nSPS) is 23.2. The zero-order valence-electron chi connectivity index (χ0n) is 7.29. The second-order valence-corrected chi connectivity index (χ2v) is 3.73. The summed E-state index contributed by atoms with van der Waals surface area (Å²) in [5.74, 6) is 1.69. The topological polar surface area (TPSA) is 12.5 Å². The fraction of sp³-hybridized carbons (Fsp3) is 1.00. The molecule has 1 heterocycles. The molecule has 0 radical (unpaired) electrons. The summed E-state index contributed by atoms with van der Waals surface area (Å²) < 4.78 is 5.17. The van der Waals surface area contributed by atoms with Crippen LogP contribution in [0.3, 0.4) is 0 Å². The smallest absolute Gasteiger partial charge is 0.0824 e. The summed E-state index contributed by atoms with van der Waals surface area (Å²) in [6.07, 6.45) is 0.488. The first-order valence-electron chi connectivity index (χ1n) is 4.12. The Balaban J connectivity index is 2.04. The Kier molecular flexibility index (Phi) is 3.69. The minimum Gasteiger partial charge on any atom is -0.379 e. The van der Waals surface area contributed by atoms with Gasteiger partial charge in [-0.2, -0.15) is 12.6 Å². The van der Waals surface area contributed by atoms with E-state index in [-0.39, 0.29) is 0 Å². The van der Waals surface area contributed by atoms with E-state index in [1.807, 2.05) is 0 Å². The second-order valence-electron chi connectivity index (χ2n) is 3.36. The quantitative estimate of drug-likeness (QED) is 0.637. The van der Waals surface area contributed by atoms with Gasteiger partial charge >= 0.3 is 0 Å². The van der Waals surface area contributed by atoms with Gasteiger partial charge in [0, 0.05) is 26.7 Å². The van der Waals surface area contributed by atoms with Crippen LogP contribution in [0.1, 0.15) is 6.92 Å². The van der Waals surface area contributed by atoms with Gasteiger partial charge in [-0.3, -0.25) is 4.90 Å². The molecule has 1 fully saturated rings. The Morgan fingerprint density at radius 1 is 1.64 bits per heavy atom. The van der Waals surface area contributed by atoms with Crippen molar-refractivity contribution in [1.82, 2.24) is 4.90 Å². The van der Waals surface area contributed by atoms with E-state index in [1.165, 1.54) is 6.54 Å². The standard InChI is InChI=1S/C8H17NOS/c1-7(6-11)3-9-4-8(5-9)10-2/h7-8,11H,3-6H2,1-2H3. The average molecular weight is 175 g/mol. The van der Waals surface area contributed by atoms with Crippen molar-refractivity contribution in [2.75, 3.05) is 32.5 Å². The number of thiol groups is 1. The Hall–Kier alpha value is 0.270. The van der Waals surface area contributed by atoms with Crippen molar-refractivity contribution in [3.63, 3.8) is 0 Å². The number of hydrogen-bond donors (Lipinski definition) is 1. The Morgan fingerprint density at radius 3 is 2.73 bits per heavy atom. The number of hydrogen-bond acceptors (Lipinski definition) is 3. The van der Waals surface area contributed by atoms with Gasteiger partial charge < -0.3 is 4.74 Å². The molecule has 1 aliphatic rings. The Bertz CT molecular complexity index is 115. The van der Waals surface area contributed by atoms with E-state index in [0.29, 0.717) is 12.0 Å². The van der Waals surface area contributed by atoms with E-state index in [9.17, 15) is 0 Å². The highest BCUT2D eigenvalue weighted by Gasteiger charge is 2.26. The van der Waals surface area contributed by atoms with E-state index in [2.05, 4.69) is 24.5 Å². The summed E-state index contributed by atoms with van der Waals surface area (Å²) in [4.78, 5) is 2.41. The first-order valence-corrected chi connectivity index (χ1v) is 4.75. The SMILES string of the molecule is COC1CN(CC(C)CS)C1. The summed E-state index contributed by atoms with van der Waals surface area (Å²) in [6, 6.07) is 0. The minimum absolute atomic E-state index is 0.488. The van der Waals surface area contributed by atoms with Crippen LogP contribution in [-0.4, -0.2) is 43.5 Å². The summed E-state index contributed by atoms with van der Waals surface area (Å²) in [7, 11) is 1.78. The van der Waals surface area contributed by atoms with E-state index < -0.39 is 0 Å². The lowest BCUT2D eigenvalue weighted by Crippen LogP contribution is -2.53. The number of nitrogens with zero attached hydrogens (tertiary/aromatic N) is 1. The summed E-state index contributed by atoms with van der Waals surface area (Å²) >= 11 is 4.24. The van der Waals surface area contributed by atoms with Crippen molar-refractivity contribution in [3.8, 4) is 0 Å². The van der Waals surface area contributed by atoms with Gasteiger partial charge in [0.15, 0.2) is 0 Å². The van der Waals surface area contributed by atoms with Crippen LogP contribution in [0.5, 0.6) is 0 Å². The monoisotopic (exact) mass is 175 g/mol. The van der Waals surface area contributed by atoms with Crippen LogP contribution in [0.25, 0.3) is 0 Å². The zero-order valence-corrected chi connectivity index (χ0v) is 8.18. The molecule has 0 saturated carbocycles. The number of rotatable bonds is 4. The number of methoxy groups -OCH3 is 1. The molecular weight excluding hydrogens is 158 g/mol. The predicted octanol–water partition coefficient (Wildman–Crippen LogP) is 0.883. The molecule has 0 aromatic heterocycles. The summed E-state index contributed by atoms with van der Waals surface area (Å²) in [5.41, 5.74) is 0. The molecular formula is C8H17NOS. The first kappa shape index (κ1) is 9.36. The molecule has 1 unspecified atom stereocenters. The van der Waals surface area contributed by atoms with Gasteiger partial charge in [0.05, 0.1) is 6.10 Å². The van der Waals surface area contributed by atoms with E-state index in [0.717, 1.165) is 18.8 Å². The molecule has 0 aliphatic carbocycles. The highest BCUT2D eigenvalue weighted by Crippen LogP contribution is 2.13. The maximum atomic E-state index is 5.17. The van der Waals surface area contributed by atoms with Gasteiger partial charge in [-0.15, -0.1) is 0 Å². The Labute approximate surface area is 74.3 Å². The third-order valence-electron chi connectivity index (χ3n) is 2.14. The minimum atomic E-state index is 0.488. The van der Waals surface area contributed by atoms with Crippen LogP contribution in [-0.2, 0) is 4.74 Å². The van der Waals surface area contributed by atoms with E-state index in [1.54, 1.807) is 7.11 Å². The molecule has 0 bridgehead atoms. The molecule has 0 spiro atoms. The van der Waals surface area contributed by atoms with Gasteiger partial charge in [0.25, 0.3) is 0 Å². The molecule has 0 N–H and O–H groups in total. The van der Waals surface area contributed by atoms with Gasteiger partial charge in [0.1, 0.15) is 0 Å². The van der Waals surface area contributed by atoms with Crippen LogP contribution in [0.15, 0.2) is 0 Å². The molecule has 0 amide bonds. The average Bonchev–Trinajstić information content (AvgIpc) is 1.95. The molecule has 1 saturated heterocycles. The molecule has 11 heavy (non-hydrogen) atoms. The maximum absolute atomic E-state index is 5.17. The fourth-order valence-corrected chi connectivity index (χ4v) is 1.43. The van der Waals surface area contributed by atoms with Gasteiger partial charge in [-0.25, -0.2) is 0 Å². The van der Waals surface area contributed by atoms with Gasteiger partial charge in [-0.1, -0.05) is 6.92 Å². The summed E-state index contributed by atoms with van der Waals surface area (Å²) in [6.45, 7) is 5.61. The maximum Gasteiger partial charge on any atom is 0.0824 e. The highest BCUT2D eigenvalue weighted by atomic mass is 32.1. The number of ether oxygens (including phenoxy) is 1. The molecule has 0 aromatic rings. The third-order valence-corrected chi connectivity index (χ3v) is 2.76. The highest BCUT2D eigenvalue weighted by molar-refractivity contribution is 7.80. The lowest BCUT2D eigenvalue weighted by atomic mass is 10.1. The predicted molar refractivity (Wildman–Crippen MR) is 50.3 cm³/mol. The van der Waals surface area contributed by atoms with Crippen molar-refractivity contribution in [2.45, 2.75) is 13.0 Å². The van der Waals surface area contributed by atoms with Crippen molar-refractivity contribution in [3.05, 3.63) is 0 Å². The van der Waals surface area contributed by atoms with Crippen molar-refractivity contribution >= 4 is 12.6 Å².